The third kappa shape index (κ3) is 5.52. The summed E-state index contributed by atoms with van der Waals surface area (Å²) in [6.45, 7) is 4.47. The van der Waals surface area contributed by atoms with E-state index in [9.17, 15) is 9.18 Å². The molecular weight excluding hydrogens is 439 g/mol. The van der Waals surface area contributed by atoms with E-state index in [1.165, 1.54) is 22.9 Å². The van der Waals surface area contributed by atoms with Crippen LogP contribution in [0.3, 0.4) is 0 Å². The fourth-order valence-corrected chi connectivity index (χ4v) is 3.48. The zero-order valence-corrected chi connectivity index (χ0v) is 19.0. The molecule has 0 N–H and O–H groups in total. The van der Waals surface area contributed by atoms with Gasteiger partial charge in [0.25, 0.3) is 5.56 Å². The first-order valence-corrected chi connectivity index (χ1v) is 10.9. The van der Waals surface area contributed by atoms with Gasteiger partial charge in [0.15, 0.2) is 5.82 Å². The van der Waals surface area contributed by atoms with Gasteiger partial charge in [-0.05, 0) is 12.5 Å². The van der Waals surface area contributed by atoms with Crippen LogP contribution >= 0.6 is 0 Å². The normalized spacial score (nSPS) is 13.7. The molecule has 4 aromatic rings. The Labute approximate surface area is 195 Å². The van der Waals surface area contributed by atoms with Crippen LogP contribution in [-0.4, -0.2) is 51.0 Å². The zero-order chi connectivity index (χ0) is 23.9. The summed E-state index contributed by atoms with van der Waals surface area (Å²) in [6.07, 6.45) is 3.47. The van der Waals surface area contributed by atoms with Crippen LogP contribution in [0.15, 0.2) is 64.2 Å². The summed E-state index contributed by atoms with van der Waals surface area (Å²) < 4.78 is 25.7. The van der Waals surface area contributed by atoms with Crippen LogP contribution in [0.25, 0.3) is 22.6 Å². The number of rotatable bonds is 3. The number of hydrogen-bond acceptors (Lipinski definition) is 8. The van der Waals surface area contributed by atoms with Crippen molar-refractivity contribution in [3.05, 3.63) is 76.9 Å². The van der Waals surface area contributed by atoms with Crippen LogP contribution in [0.4, 0.5) is 10.3 Å². The Balaban J connectivity index is 0.000000192. The number of aryl methyl sites for hydroxylation is 1. The quantitative estimate of drug-likeness (QED) is 0.456. The van der Waals surface area contributed by atoms with Crippen molar-refractivity contribution in [2.45, 2.75) is 13.3 Å². The number of halogens is 1. The van der Waals surface area contributed by atoms with E-state index in [1.54, 1.807) is 14.0 Å². The Kier molecular flexibility index (Phi) is 7.38. The minimum atomic E-state index is -0.492. The van der Waals surface area contributed by atoms with Crippen LogP contribution in [0.2, 0.25) is 0 Å². The molecule has 0 spiro atoms. The van der Waals surface area contributed by atoms with E-state index < -0.39 is 5.82 Å². The average molecular weight is 465 g/mol. The van der Waals surface area contributed by atoms with Crippen molar-refractivity contribution >= 4 is 5.95 Å². The van der Waals surface area contributed by atoms with Crippen molar-refractivity contribution in [3.8, 4) is 22.6 Å². The molecular formula is C24H25FN6O3. The summed E-state index contributed by atoms with van der Waals surface area (Å²) in [5, 5.41) is 3.80. The van der Waals surface area contributed by atoms with Crippen LogP contribution in [0.5, 0.6) is 0 Å². The van der Waals surface area contributed by atoms with Crippen molar-refractivity contribution in [2.75, 3.05) is 31.2 Å². The lowest BCUT2D eigenvalue weighted by molar-refractivity contribution is 0.152. The van der Waals surface area contributed by atoms with Gasteiger partial charge in [-0.2, -0.15) is 4.98 Å². The number of nitrogens with zero attached hydrogens (tertiary/aromatic N) is 6. The van der Waals surface area contributed by atoms with Gasteiger partial charge in [0, 0.05) is 57.1 Å². The molecule has 1 saturated heterocycles. The minimum absolute atomic E-state index is 0.221. The smallest absolute Gasteiger partial charge is 0.255 e. The Morgan fingerprint density at radius 2 is 1.88 bits per heavy atom. The maximum Gasteiger partial charge on any atom is 0.255 e. The highest BCUT2D eigenvalue weighted by Crippen LogP contribution is 2.21. The van der Waals surface area contributed by atoms with Gasteiger partial charge >= 0.3 is 0 Å². The van der Waals surface area contributed by atoms with Crippen molar-refractivity contribution in [1.29, 1.82) is 0 Å². The van der Waals surface area contributed by atoms with E-state index in [-0.39, 0.29) is 11.1 Å². The predicted octanol–water partition coefficient (Wildman–Crippen LogP) is 3.25. The summed E-state index contributed by atoms with van der Waals surface area (Å²) in [6, 6.07) is 12.6. The summed E-state index contributed by atoms with van der Waals surface area (Å²) in [5.41, 5.74) is 1.36. The first kappa shape index (κ1) is 23.2. The molecule has 10 heteroatoms. The van der Waals surface area contributed by atoms with Crippen LogP contribution < -0.4 is 10.5 Å². The molecule has 34 heavy (non-hydrogen) atoms. The van der Waals surface area contributed by atoms with Crippen LogP contribution in [-0.2, 0) is 11.8 Å². The highest BCUT2D eigenvalue weighted by atomic mass is 19.1. The first-order chi connectivity index (χ1) is 16.5. The molecule has 1 aromatic carbocycles. The molecule has 5 rings (SSSR count). The van der Waals surface area contributed by atoms with Gasteiger partial charge in [-0.25, -0.2) is 9.37 Å². The monoisotopic (exact) mass is 464 g/mol. The average Bonchev–Trinajstić information content (AvgIpc) is 3.11. The Morgan fingerprint density at radius 1 is 1.06 bits per heavy atom. The number of anilines is 1. The molecule has 0 saturated carbocycles. The third-order valence-corrected chi connectivity index (χ3v) is 5.22. The molecule has 1 fully saturated rings. The van der Waals surface area contributed by atoms with Crippen molar-refractivity contribution < 1.29 is 13.7 Å². The van der Waals surface area contributed by atoms with Gasteiger partial charge in [0.1, 0.15) is 0 Å². The Hall–Kier alpha value is -3.92. The second-order valence-corrected chi connectivity index (χ2v) is 7.65. The minimum Gasteiger partial charge on any atom is -0.380 e. The SMILES string of the molecule is Cc1nc(-c2ccccc2)no1.Cn1c(N2CCCOCC2)nc(-c2ccncc2F)cc1=O. The van der Waals surface area contributed by atoms with E-state index in [0.717, 1.165) is 24.7 Å². The molecule has 1 aliphatic heterocycles. The van der Waals surface area contributed by atoms with Gasteiger partial charge in [0.05, 0.1) is 18.5 Å². The zero-order valence-electron chi connectivity index (χ0n) is 19.0. The van der Waals surface area contributed by atoms with Gasteiger partial charge < -0.3 is 14.2 Å². The van der Waals surface area contributed by atoms with Crippen molar-refractivity contribution in [3.63, 3.8) is 0 Å². The molecule has 4 heterocycles. The maximum absolute atomic E-state index is 13.9. The highest BCUT2D eigenvalue weighted by molar-refractivity contribution is 5.60. The van der Waals surface area contributed by atoms with Gasteiger partial charge in [0.2, 0.25) is 17.7 Å². The summed E-state index contributed by atoms with van der Waals surface area (Å²) in [4.78, 5) is 26.5. The van der Waals surface area contributed by atoms with Crippen LogP contribution in [0.1, 0.15) is 12.3 Å². The molecule has 0 atom stereocenters. The number of hydrogen-bond donors (Lipinski definition) is 0. The molecule has 3 aromatic heterocycles. The molecule has 176 valence electrons. The topological polar surface area (TPSA) is 99.2 Å². The summed E-state index contributed by atoms with van der Waals surface area (Å²) >= 11 is 0. The predicted molar refractivity (Wildman–Crippen MR) is 125 cm³/mol. The van der Waals surface area contributed by atoms with Crippen LogP contribution in [0, 0.1) is 12.7 Å². The lowest BCUT2D eigenvalue weighted by Crippen LogP contribution is -2.33. The highest BCUT2D eigenvalue weighted by Gasteiger charge is 2.17. The number of aromatic nitrogens is 5. The van der Waals surface area contributed by atoms with Gasteiger partial charge in [-0.15, -0.1) is 0 Å². The van der Waals surface area contributed by atoms with E-state index in [2.05, 4.69) is 20.1 Å². The fraction of sp³-hybridized carbons (Fsp3) is 0.292. The molecule has 0 unspecified atom stereocenters. The summed E-state index contributed by atoms with van der Waals surface area (Å²) in [7, 11) is 1.67. The van der Waals surface area contributed by atoms with Crippen molar-refractivity contribution in [1.82, 2.24) is 24.7 Å². The Morgan fingerprint density at radius 3 is 2.62 bits per heavy atom. The molecule has 0 bridgehead atoms. The third-order valence-electron chi connectivity index (χ3n) is 5.22. The van der Waals surface area contributed by atoms with Gasteiger partial charge in [-0.3, -0.25) is 14.3 Å². The second kappa shape index (κ2) is 10.8. The Bertz CT molecular complexity index is 1280. The van der Waals surface area contributed by atoms with E-state index in [4.69, 9.17) is 9.26 Å². The van der Waals surface area contributed by atoms with E-state index in [0.29, 0.717) is 43.1 Å². The summed E-state index contributed by atoms with van der Waals surface area (Å²) in [5.74, 6) is 1.28. The standard InChI is InChI=1S/C15H17FN4O2.C9H8N2O/c1-19-14(21)9-13(11-3-4-17-10-12(11)16)18-15(19)20-5-2-7-22-8-6-20;1-7-10-9(11-12-7)8-5-3-2-4-6-8/h3-4,9-10H,2,5-8H2,1H3;2-6H,1H3. The lowest BCUT2D eigenvalue weighted by Gasteiger charge is -2.23. The number of benzene rings is 1. The molecule has 9 nitrogen and oxygen atoms in total. The number of pyridine rings is 1. The maximum atomic E-state index is 13.9. The number of ether oxygens (including phenoxy) is 1. The largest absolute Gasteiger partial charge is 0.380 e. The van der Waals surface area contributed by atoms with Crippen molar-refractivity contribution in [2.24, 2.45) is 7.05 Å². The van der Waals surface area contributed by atoms with E-state index >= 15 is 0 Å². The fourth-order valence-electron chi connectivity index (χ4n) is 3.48. The molecule has 0 amide bonds. The molecule has 1 aliphatic rings. The van der Waals surface area contributed by atoms with E-state index in [1.807, 2.05) is 35.2 Å². The molecule has 0 radical (unpaired) electrons. The lowest BCUT2D eigenvalue weighted by atomic mass is 10.2. The molecule has 0 aliphatic carbocycles. The first-order valence-electron chi connectivity index (χ1n) is 10.9. The van der Waals surface area contributed by atoms with Gasteiger partial charge in [-0.1, -0.05) is 35.5 Å². The second-order valence-electron chi connectivity index (χ2n) is 7.65.